The lowest BCUT2D eigenvalue weighted by Gasteiger charge is -2.29. The Kier molecular flexibility index (Phi) is 8.55. The van der Waals surface area contributed by atoms with Crippen molar-refractivity contribution in [3.63, 3.8) is 0 Å². The Morgan fingerprint density at radius 1 is 0.268 bits per heavy atom. The van der Waals surface area contributed by atoms with Crippen LogP contribution in [-0.4, -0.2) is 0 Å². The Bertz CT molecular complexity index is 2900. The van der Waals surface area contributed by atoms with Crippen LogP contribution in [0.25, 0.3) is 77.6 Å². The van der Waals surface area contributed by atoms with Gasteiger partial charge in [0, 0.05) is 27.7 Å². The standard InChI is InChI=1S/C54H37NO/c1-4-12-38(13-5-1)41-20-22-43(23-21-41)45-30-34-48(35-31-45)55(47-32-28-44(29-33-47)40-16-8-3-9-17-40)50-36-37-52-54(49-18-10-11-19-51(49)56-52)53(50)46-26-24-42(25-27-46)39-14-6-2-7-15-39/h1-37H. The third kappa shape index (κ3) is 6.24. The molecular formula is C54H37NO. The van der Waals surface area contributed by atoms with Gasteiger partial charge in [0.15, 0.2) is 0 Å². The fraction of sp³-hybridized carbons (Fsp3) is 0. The number of anilines is 3. The van der Waals surface area contributed by atoms with Gasteiger partial charge in [0.05, 0.1) is 5.69 Å². The molecule has 0 aliphatic heterocycles. The van der Waals surface area contributed by atoms with E-state index in [0.29, 0.717) is 0 Å². The average Bonchev–Trinajstić information content (AvgIpc) is 3.67. The van der Waals surface area contributed by atoms with E-state index in [4.69, 9.17) is 4.42 Å². The highest BCUT2D eigenvalue weighted by Gasteiger charge is 2.23. The van der Waals surface area contributed by atoms with E-state index in [9.17, 15) is 0 Å². The van der Waals surface area contributed by atoms with Crippen LogP contribution in [0.1, 0.15) is 0 Å². The Labute approximate surface area is 327 Å². The molecule has 2 nitrogen and oxygen atoms in total. The molecule has 56 heavy (non-hydrogen) atoms. The smallest absolute Gasteiger partial charge is 0.136 e. The molecule has 0 amide bonds. The molecule has 0 radical (unpaired) electrons. The molecule has 1 aromatic heterocycles. The van der Waals surface area contributed by atoms with Crippen LogP contribution in [0, 0.1) is 0 Å². The number of benzene rings is 9. The lowest BCUT2D eigenvalue weighted by molar-refractivity contribution is 0.669. The van der Waals surface area contributed by atoms with Crippen LogP contribution in [0.15, 0.2) is 229 Å². The van der Waals surface area contributed by atoms with E-state index in [1.165, 1.54) is 44.5 Å². The van der Waals surface area contributed by atoms with Crippen molar-refractivity contribution >= 4 is 39.0 Å². The molecule has 0 N–H and O–H groups in total. The second-order valence-corrected chi connectivity index (χ2v) is 14.1. The number of hydrogen-bond acceptors (Lipinski definition) is 2. The first-order valence-corrected chi connectivity index (χ1v) is 19.1. The first-order chi connectivity index (χ1) is 27.8. The minimum atomic E-state index is 0.866. The summed E-state index contributed by atoms with van der Waals surface area (Å²) in [4.78, 5) is 2.39. The van der Waals surface area contributed by atoms with Gasteiger partial charge in [-0.1, -0.05) is 182 Å². The second-order valence-electron chi connectivity index (χ2n) is 14.1. The largest absolute Gasteiger partial charge is 0.456 e. The minimum absolute atomic E-state index is 0.866. The van der Waals surface area contributed by atoms with Gasteiger partial charge in [-0.15, -0.1) is 0 Å². The third-order valence-electron chi connectivity index (χ3n) is 10.7. The van der Waals surface area contributed by atoms with Gasteiger partial charge >= 0.3 is 0 Å². The molecule has 0 saturated carbocycles. The number of hydrogen-bond donors (Lipinski definition) is 0. The van der Waals surface area contributed by atoms with Crippen molar-refractivity contribution in [1.82, 2.24) is 0 Å². The van der Waals surface area contributed by atoms with Crippen LogP contribution in [0.4, 0.5) is 17.1 Å². The zero-order valence-corrected chi connectivity index (χ0v) is 30.7. The fourth-order valence-electron chi connectivity index (χ4n) is 7.89. The van der Waals surface area contributed by atoms with Crippen molar-refractivity contribution in [2.75, 3.05) is 4.90 Å². The SMILES string of the molecule is c1ccc(-c2ccc(-c3ccc(N(c4ccc(-c5ccccc5)cc4)c4ccc5oc6ccccc6c5c4-c4ccc(-c5ccccc5)cc4)cc3)cc2)cc1. The third-order valence-corrected chi connectivity index (χ3v) is 10.7. The van der Waals surface area contributed by atoms with Crippen LogP contribution >= 0.6 is 0 Å². The Morgan fingerprint density at radius 2 is 0.625 bits per heavy atom. The average molecular weight is 716 g/mol. The lowest BCUT2D eigenvalue weighted by atomic mass is 9.94. The van der Waals surface area contributed by atoms with Crippen LogP contribution < -0.4 is 4.90 Å². The summed E-state index contributed by atoms with van der Waals surface area (Å²) in [5.74, 6) is 0. The van der Waals surface area contributed by atoms with E-state index in [2.05, 4.69) is 223 Å². The summed E-state index contributed by atoms with van der Waals surface area (Å²) in [5, 5.41) is 2.20. The first-order valence-electron chi connectivity index (χ1n) is 19.1. The molecule has 0 unspecified atom stereocenters. The predicted octanol–water partition coefficient (Wildman–Crippen LogP) is 15.4. The van der Waals surface area contributed by atoms with Crippen LogP contribution in [0.2, 0.25) is 0 Å². The van der Waals surface area contributed by atoms with Crippen molar-refractivity contribution in [1.29, 1.82) is 0 Å². The Hall–Kier alpha value is -7.42. The summed E-state index contributed by atoms with van der Waals surface area (Å²) in [6, 6.07) is 80.0. The highest BCUT2D eigenvalue weighted by molar-refractivity contribution is 6.16. The van der Waals surface area contributed by atoms with Gasteiger partial charge in [0.1, 0.15) is 11.2 Å². The number of furan rings is 1. The van der Waals surface area contributed by atoms with Gasteiger partial charge in [-0.25, -0.2) is 0 Å². The van der Waals surface area contributed by atoms with E-state index < -0.39 is 0 Å². The maximum Gasteiger partial charge on any atom is 0.136 e. The maximum absolute atomic E-state index is 6.50. The van der Waals surface area contributed by atoms with Gasteiger partial charge in [-0.05, 0) is 92.5 Å². The topological polar surface area (TPSA) is 16.4 Å². The molecule has 0 aliphatic carbocycles. The first kappa shape index (κ1) is 33.2. The summed E-state index contributed by atoms with van der Waals surface area (Å²) in [6.45, 7) is 0. The number of para-hydroxylation sites is 1. The van der Waals surface area contributed by atoms with E-state index in [1.807, 2.05) is 6.07 Å². The zero-order valence-electron chi connectivity index (χ0n) is 30.7. The second kappa shape index (κ2) is 14.4. The zero-order chi connectivity index (χ0) is 37.3. The molecule has 264 valence electrons. The molecule has 1 heterocycles. The molecule has 10 rings (SSSR count). The van der Waals surface area contributed by atoms with E-state index in [1.54, 1.807) is 0 Å². The monoisotopic (exact) mass is 715 g/mol. The number of fused-ring (bicyclic) bond motifs is 3. The lowest BCUT2D eigenvalue weighted by Crippen LogP contribution is -2.11. The summed E-state index contributed by atoms with van der Waals surface area (Å²) in [6.07, 6.45) is 0. The van der Waals surface area contributed by atoms with Crippen molar-refractivity contribution in [2.45, 2.75) is 0 Å². The van der Waals surface area contributed by atoms with Crippen LogP contribution in [0.5, 0.6) is 0 Å². The van der Waals surface area contributed by atoms with Gasteiger partial charge in [0.2, 0.25) is 0 Å². The molecule has 0 saturated heterocycles. The molecular weight excluding hydrogens is 679 g/mol. The van der Waals surface area contributed by atoms with Crippen LogP contribution in [-0.2, 0) is 0 Å². The summed E-state index contributed by atoms with van der Waals surface area (Å²) in [5.41, 5.74) is 16.7. The molecule has 0 bridgehead atoms. The van der Waals surface area contributed by atoms with Gasteiger partial charge in [0.25, 0.3) is 0 Å². The highest BCUT2D eigenvalue weighted by atomic mass is 16.3. The molecule has 0 aliphatic rings. The van der Waals surface area contributed by atoms with Gasteiger partial charge in [-0.2, -0.15) is 0 Å². The normalized spacial score (nSPS) is 11.2. The quantitative estimate of drug-likeness (QED) is 0.156. The summed E-state index contributed by atoms with van der Waals surface area (Å²) < 4.78 is 6.50. The van der Waals surface area contributed by atoms with E-state index >= 15 is 0 Å². The highest BCUT2D eigenvalue weighted by Crippen LogP contribution is 2.47. The fourth-order valence-corrected chi connectivity index (χ4v) is 7.89. The van der Waals surface area contributed by atoms with Crippen molar-refractivity contribution < 1.29 is 4.42 Å². The van der Waals surface area contributed by atoms with Crippen LogP contribution in [0.3, 0.4) is 0 Å². The van der Waals surface area contributed by atoms with E-state index in [0.717, 1.165) is 50.1 Å². The van der Waals surface area contributed by atoms with Crippen molar-refractivity contribution in [2.24, 2.45) is 0 Å². The van der Waals surface area contributed by atoms with E-state index in [-0.39, 0.29) is 0 Å². The minimum Gasteiger partial charge on any atom is -0.456 e. The van der Waals surface area contributed by atoms with Gasteiger partial charge in [-0.3, -0.25) is 0 Å². The van der Waals surface area contributed by atoms with Crippen molar-refractivity contribution in [3.8, 4) is 55.6 Å². The number of nitrogens with zero attached hydrogens (tertiary/aromatic N) is 1. The molecule has 2 heteroatoms. The summed E-state index contributed by atoms with van der Waals surface area (Å²) in [7, 11) is 0. The molecule has 0 atom stereocenters. The predicted molar refractivity (Wildman–Crippen MR) is 236 cm³/mol. The number of rotatable bonds is 8. The molecule has 0 spiro atoms. The Balaban J connectivity index is 1.13. The summed E-state index contributed by atoms with van der Waals surface area (Å²) >= 11 is 0. The molecule has 9 aromatic carbocycles. The van der Waals surface area contributed by atoms with Gasteiger partial charge < -0.3 is 9.32 Å². The maximum atomic E-state index is 6.50. The Morgan fingerprint density at radius 3 is 1.07 bits per heavy atom. The molecule has 0 fully saturated rings. The molecule has 10 aromatic rings. The van der Waals surface area contributed by atoms with Crippen molar-refractivity contribution in [3.05, 3.63) is 224 Å².